The Balaban J connectivity index is 2.69. The maximum Gasteiger partial charge on any atom is 0.330 e. The Morgan fingerprint density at radius 3 is 2.73 bits per heavy atom. The van der Waals surface area contributed by atoms with Crippen molar-refractivity contribution >= 4 is 17.8 Å². The fourth-order valence-corrected chi connectivity index (χ4v) is 1.09. The van der Waals surface area contributed by atoms with E-state index in [4.69, 9.17) is 0 Å². The Kier molecular flexibility index (Phi) is 3.39. The first-order chi connectivity index (χ1) is 7.07. The highest BCUT2D eigenvalue weighted by molar-refractivity contribution is 6.17. The first kappa shape index (κ1) is 11.2. The van der Waals surface area contributed by atoms with E-state index in [9.17, 15) is 18.8 Å². The minimum Gasteiger partial charge on any atom is -0.275 e. The normalized spacial score (nSPS) is 20.8. The lowest BCUT2D eigenvalue weighted by Crippen LogP contribution is -2.59. The molecule has 0 aromatic rings. The molecule has 5 nitrogen and oxygen atoms in total. The van der Waals surface area contributed by atoms with Crippen molar-refractivity contribution in [2.45, 2.75) is 19.5 Å². The topological polar surface area (TPSA) is 66.5 Å². The van der Waals surface area contributed by atoms with E-state index in [-0.39, 0.29) is 13.0 Å². The van der Waals surface area contributed by atoms with Gasteiger partial charge in [-0.15, -0.1) is 11.8 Å². The summed E-state index contributed by atoms with van der Waals surface area (Å²) in [5.41, 5.74) is 0. The quantitative estimate of drug-likeness (QED) is 0.510. The number of carbonyl (C=O) groups excluding carboxylic acids is 3. The standard InChI is InChI=1S/C9H9FN2O3/c1-2-3-4-5-12-8(14)6(10)7(13)11-9(12)15/h6H,4-5H2,1H3,(H,11,13,15). The lowest BCUT2D eigenvalue weighted by molar-refractivity contribution is -0.143. The Bertz CT molecular complexity index is 369. The van der Waals surface area contributed by atoms with Crippen LogP contribution in [0, 0.1) is 11.8 Å². The van der Waals surface area contributed by atoms with Gasteiger partial charge in [-0.05, 0) is 6.92 Å². The van der Waals surface area contributed by atoms with Gasteiger partial charge in [-0.25, -0.2) is 9.18 Å². The zero-order valence-electron chi connectivity index (χ0n) is 8.04. The molecule has 1 N–H and O–H groups in total. The molecule has 0 spiro atoms. The van der Waals surface area contributed by atoms with Crippen molar-refractivity contribution in [2.24, 2.45) is 0 Å². The molecule has 6 heteroatoms. The number of carbonyl (C=O) groups is 3. The van der Waals surface area contributed by atoms with Crippen LogP contribution in [-0.2, 0) is 9.59 Å². The largest absolute Gasteiger partial charge is 0.330 e. The molecule has 1 atom stereocenters. The Hall–Kier alpha value is -1.90. The Morgan fingerprint density at radius 1 is 1.47 bits per heavy atom. The molecule has 15 heavy (non-hydrogen) atoms. The SMILES string of the molecule is CC#CCCN1C(=O)NC(=O)C(F)C1=O. The Labute approximate surface area is 85.6 Å². The van der Waals surface area contributed by atoms with Gasteiger partial charge in [0.1, 0.15) is 0 Å². The predicted octanol–water partition coefficient (Wildman–Crippen LogP) is -0.184. The molecule has 0 saturated carbocycles. The summed E-state index contributed by atoms with van der Waals surface area (Å²) in [6.45, 7) is 1.60. The molecule has 4 amide bonds. The molecule has 1 saturated heterocycles. The molecule has 0 aromatic carbocycles. The van der Waals surface area contributed by atoms with E-state index in [1.807, 2.05) is 0 Å². The minimum atomic E-state index is -2.29. The predicted molar refractivity (Wildman–Crippen MR) is 48.2 cm³/mol. The number of hydrogen-bond donors (Lipinski definition) is 1. The molecule has 1 aliphatic heterocycles. The van der Waals surface area contributed by atoms with Gasteiger partial charge in [0.25, 0.3) is 18.0 Å². The second-order valence-corrected chi connectivity index (χ2v) is 2.82. The van der Waals surface area contributed by atoms with Crippen LogP contribution in [0.15, 0.2) is 0 Å². The van der Waals surface area contributed by atoms with Crippen molar-refractivity contribution in [3.05, 3.63) is 0 Å². The highest BCUT2D eigenvalue weighted by atomic mass is 19.1. The number of alkyl halides is 1. The van der Waals surface area contributed by atoms with Crippen LogP contribution in [0.25, 0.3) is 0 Å². The van der Waals surface area contributed by atoms with Crippen molar-refractivity contribution in [1.82, 2.24) is 10.2 Å². The first-order valence-corrected chi connectivity index (χ1v) is 4.27. The van der Waals surface area contributed by atoms with Crippen molar-refractivity contribution in [3.63, 3.8) is 0 Å². The molecule has 80 valence electrons. The highest BCUT2D eigenvalue weighted by Crippen LogP contribution is 2.07. The van der Waals surface area contributed by atoms with Gasteiger partial charge in [-0.2, -0.15) is 0 Å². The maximum absolute atomic E-state index is 12.9. The highest BCUT2D eigenvalue weighted by Gasteiger charge is 2.40. The average molecular weight is 212 g/mol. The van der Waals surface area contributed by atoms with E-state index >= 15 is 0 Å². The summed E-state index contributed by atoms with van der Waals surface area (Å²) in [5.74, 6) is 2.88. The molecule has 1 aliphatic rings. The number of urea groups is 1. The van der Waals surface area contributed by atoms with Crippen LogP contribution in [0.5, 0.6) is 0 Å². The fraction of sp³-hybridized carbons (Fsp3) is 0.444. The molecule has 0 aromatic heterocycles. The second kappa shape index (κ2) is 4.55. The summed E-state index contributed by atoms with van der Waals surface area (Å²) in [6, 6.07) is -0.892. The minimum absolute atomic E-state index is 0.0147. The number of imide groups is 2. The molecular weight excluding hydrogens is 203 g/mol. The van der Waals surface area contributed by atoms with Gasteiger partial charge in [-0.3, -0.25) is 19.8 Å². The van der Waals surface area contributed by atoms with Gasteiger partial charge in [0, 0.05) is 13.0 Å². The summed E-state index contributed by atoms with van der Waals surface area (Å²) < 4.78 is 12.9. The lowest BCUT2D eigenvalue weighted by atomic mass is 10.2. The van der Waals surface area contributed by atoms with E-state index in [0.717, 1.165) is 0 Å². The molecule has 0 aliphatic carbocycles. The fourth-order valence-electron chi connectivity index (χ4n) is 1.09. The van der Waals surface area contributed by atoms with Crippen molar-refractivity contribution in [3.8, 4) is 11.8 Å². The summed E-state index contributed by atoms with van der Waals surface area (Å²) >= 11 is 0. The molecular formula is C9H9FN2O3. The van der Waals surface area contributed by atoms with Crippen molar-refractivity contribution in [1.29, 1.82) is 0 Å². The molecule has 1 rings (SSSR count). The zero-order valence-corrected chi connectivity index (χ0v) is 8.04. The summed E-state index contributed by atoms with van der Waals surface area (Å²) in [5, 5.41) is 1.74. The van der Waals surface area contributed by atoms with Crippen LogP contribution < -0.4 is 5.32 Å². The van der Waals surface area contributed by atoms with Crippen LogP contribution in [-0.4, -0.2) is 35.5 Å². The molecule has 0 bridgehead atoms. The van der Waals surface area contributed by atoms with E-state index in [2.05, 4.69) is 11.8 Å². The van der Waals surface area contributed by atoms with Gasteiger partial charge >= 0.3 is 6.03 Å². The smallest absolute Gasteiger partial charge is 0.275 e. The van der Waals surface area contributed by atoms with E-state index in [1.54, 1.807) is 12.2 Å². The van der Waals surface area contributed by atoms with Gasteiger partial charge in [0.2, 0.25) is 0 Å². The van der Waals surface area contributed by atoms with Gasteiger partial charge < -0.3 is 0 Å². The molecule has 1 heterocycles. The zero-order chi connectivity index (χ0) is 11.4. The summed E-state index contributed by atoms with van der Waals surface area (Å²) in [7, 11) is 0. The van der Waals surface area contributed by atoms with Crippen LogP contribution in [0.2, 0.25) is 0 Å². The second-order valence-electron chi connectivity index (χ2n) is 2.82. The third-order valence-corrected chi connectivity index (χ3v) is 1.83. The number of halogens is 1. The van der Waals surface area contributed by atoms with Crippen LogP contribution in [0.1, 0.15) is 13.3 Å². The summed E-state index contributed by atoms with van der Waals surface area (Å²) in [4.78, 5) is 33.6. The maximum atomic E-state index is 12.9. The molecule has 0 radical (unpaired) electrons. The number of hydrogen-bond acceptors (Lipinski definition) is 3. The summed E-state index contributed by atoms with van der Waals surface area (Å²) in [6.07, 6.45) is -2.03. The van der Waals surface area contributed by atoms with Crippen molar-refractivity contribution in [2.75, 3.05) is 6.54 Å². The number of nitrogens with one attached hydrogen (secondary N) is 1. The van der Waals surface area contributed by atoms with E-state index in [1.165, 1.54) is 0 Å². The molecule has 1 fully saturated rings. The van der Waals surface area contributed by atoms with Gasteiger partial charge in [-0.1, -0.05) is 0 Å². The van der Waals surface area contributed by atoms with Crippen molar-refractivity contribution < 1.29 is 18.8 Å². The lowest BCUT2D eigenvalue weighted by Gasteiger charge is -2.25. The van der Waals surface area contributed by atoms with Crippen LogP contribution in [0.3, 0.4) is 0 Å². The third-order valence-electron chi connectivity index (χ3n) is 1.83. The molecule has 1 unspecified atom stereocenters. The number of amides is 4. The number of barbiturate groups is 1. The monoisotopic (exact) mass is 212 g/mol. The van der Waals surface area contributed by atoms with Crippen LogP contribution >= 0.6 is 0 Å². The van der Waals surface area contributed by atoms with Gasteiger partial charge in [0.05, 0.1) is 0 Å². The number of rotatable bonds is 2. The van der Waals surface area contributed by atoms with E-state index < -0.39 is 24.0 Å². The van der Waals surface area contributed by atoms with E-state index in [0.29, 0.717) is 4.90 Å². The first-order valence-electron chi connectivity index (χ1n) is 4.27. The third kappa shape index (κ3) is 2.31. The Morgan fingerprint density at radius 2 is 2.13 bits per heavy atom. The van der Waals surface area contributed by atoms with Gasteiger partial charge in [0.15, 0.2) is 0 Å². The number of nitrogens with zero attached hydrogens (tertiary/aromatic N) is 1. The van der Waals surface area contributed by atoms with Crippen LogP contribution in [0.4, 0.5) is 9.18 Å². The average Bonchev–Trinajstić information content (AvgIpc) is 2.20.